The summed E-state index contributed by atoms with van der Waals surface area (Å²) in [6.07, 6.45) is 1.83. The molecule has 0 unspecified atom stereocenters. The van der Waals surface area contributed by atoms with Gasteiger partial charge in [-0.3, -0.25) is 0 Å². The van der Waals surface area contributed by atoms with Gasteiger partial charge in [0.25, 0.3) is 0 Å². The van der Waals surface area contributed by atoms with Crippen LogP contribution in [0.5, 0.6) is 5.75 Å². The number of halogens is 1. The molecule has 0 fully saturated rings. The van der Waals surface area contributed by atoms with Crippen LogP contribution < -0.4 is 4.74 Å². The molecule has 3 heterocycles. The summed E-state index contributed by atoms with van der Waals surface area (Å²) in [6.45, 7) is 1.87. The molecule has 142 valence electrons. The van der Waals surface area contributed by atoms with Crippen molar-refractivity contribution >= 4 is 22.8 Å². The molecule has 8 heteroatoms. The van der Waals surface area contributed by atoms with E-state index in [-0.39, 0.29) is 16.1 Å². The van der Waals surface area contributed by atoms with Gasteiger partial charge in [-0.15, -0.1) is 11.3 Å². The first-order chi connectivity index (χ1) is 13.5. The maximum absolute atomic E-state index is 14.7. The van der Waals surface area contributed by atoms with Crippen molar-refractivity contribution in [3.05, 3.63) is 59.0 Å². The highest BCUT2D eigenvalue weighted by molar-refractivity contribution is 7.17. The minimum Gasteiger partial charge on any atom is -0.496 e. The number of aromatic nitrogens is 3. The number of esters is 1. The van der Waals surface area contributed by atoms with Crippen LogP contribution in [0.1, 0.15) is 15.4 Å². The topological polar surface area (TPSA) is 65.7 Å². The Morgan fingerprint density at radius 3 is 2.71 bits per heavy atom. The number of rotatable bonds is 4. The number of pyridine rings is 1. The molecule has 0 atom stereocenters. The van der Waals surface area contributed by atoms with Crippen LogP contribution in [-0.2, 0) is 4.74 Å². The number of thiazole rings is 1. The Morgan fingerprint density at radius 2 is 1.96 bits per heavy atom. The van der Waals surface area contributed by atoms with Crippen LogP contribution in [0.3, 0.4) is 0 Å². The van der Waals surface area contributed by atoms with Crippen molar-refractivity contribution in [1.82, 2.24) is 14.6 Å². The fraction of sp³-hybridized carbons (Fsp3) is 0.150. The molecule has 0 saturated carbocycles. The molecule has 4 rings (SSSR count). The van der Waals surface area contributed by atoms with Gasteiger partial charge < -0.3 is 9.47 Å². The molecule has 0 aliphatic rings. The number of benzene rings is 1. The van der Waals surface area contributed by atoms with Gasteiger partial charge in [-0.05, 0) is 31.2 Å². The molecule has 0 bridgehead atoms. The van der Waals surface area contributed by atoms with Gasteiger partial charge in [-0.25, -0.2) is 18.7 Å². The molecule has 0 N–H and O–H groups in total. The van der Waals surface area contributed by atoms with Crippen molar-refractivity contribution in [2.45, 2.75) is 6.92 Å². The molecular weight excluding hydrogens is 381 g/mol. The second-order valence-corrected chi connectivity index (χ2v) is 7.00. The van der Waals surface area contributed by atoms with Gasteiger partial charge in [0.15, 0.2) is 0 Å². The van der Waals surface area contributed by atoms with Crippen LogP contribution >= 0.6 is 11.3 Å². The summed E-state index contributed by atoms with van der Waals surface area (Å²) in [5.74, 6) is -0.824. The molecule has 0 aliphatic heterocycles. The number of carbonyl (C=O) groups is 1. The summed E-state index contributed by atoms with van der Waals surface area (Å²) in [4.78, 5) is 17.2. The number of ether oxygens (including phenoxy) is 2. The lowest BCUT2D eigenvalue weighted by Crippen LogP contribution is -2.02. The molecule has 4 aromatic rings. The standard InChI is InChI=1S/C20H16FN3O3S/c1-11-15(13-8-4-5-10-24(13)23-11)19-22-17(18(28-19)20(25)27-3)16-12(21)7-6-9-14(16)26-2/h4-10H,1-3H3. The number of nitrogens with zero attached hydrogens (tertiary/aromatic N) is 3. The van der Waals surface area contributed by atoms with Crippen molar-refractivity contribution in [3.63, 3.8) is 0 Å². The molecule has 0 spiro atoms. The van der Waals surface area contributed by atoms with E-state index in [1.54, 1.807) is 10.6 Å². The van der Waals surface area contributed by atoms with Crippen LogP contribution in [0.4, 0.5) is 4.39 Å². The molecule has 28 heavy (non-hydrogen) atoms. The maximum atomic E-state index is 14.7. The summed E-state index contributed by atoms with van der Waals surface area (Å²) < 4.78 is 26.6. The Labute approximate surface area is 164 Å². The Kier molecular flexibility index (Phi) is 4.56. The first-order valence-corrected chi connectivity index (χ1v) is 9.23. The zero-order valence-corrected chi connectivity index (χ0v) is 16.2. The monoisotopic (exact) mass is 397 g/mol. The minimum absolute atomic E-state index is 0.127. The zero-order valence-electron chi connectivity index (χ0n) is 15.4. The Bertz CT molecular complexity index is 1200. The lowest BCUT2D eigenvalue weighted by Gasteiger charge is -2.08. The van der Waals surface area contributed by atoms with Crippen molar-refractivity contribution in [2.75, 3.05) is 14.2 Å². The second kappa shape index (κ2) is 7.05. The van der Waals surface area contributed by atoms with Gasteiger partial charge in [-0.2, -0.15) is 5.10 Å². The van der Waals surface area contributed by atoms with E-state index in [4.69, 9.17) is 9.47 Å². The predicted octanol–water partition coefficient (Wildman–Crippen LogP) is 4.37. The largest absolute Gasteiger partial charge is 0.496 e. The first-order valence-electron chi connectivity index (χ1n) is 8.41. The first kappa shape index (κ1) is 18.1. The van der Waals surface area contributed by atoms with E-state index < -0.39 is 11.8 Å². The minimum atomic E-state index is -0.585. The number of fused-ring (bicyclic) bond motifs is 1. The predicted molar refractivity (Wildman–Crippen MR) is 104 cm³/mol. The second-order valence-electron chi connectivity index (χ2n) is 6.00. The highest BCUT2D eigenvalue weighted by atomic mass is 32.1. The van der Waals surface area contributed by atoms with E-state index in [2.05, 4.69) is 10.1 Å². The summed E-state index contributed by atoms with van der Waals surface area (Å²) >= 11 is 1.14. The van der Waals surface area contributed by atoms with Gasteiger partial charge >= 0.3 is 5.97 Å². The summed E-state index contributed by atoms with van der Waals surface area (Å²) in [6, 6.07) is 10.2. The van der Waals surface area contributed by atoms with Crippen LogP contribution in [0, 0.1) is 12.7 Å². The molecule has 6 nitrogen and oxygen atoms in total. The number of hydrogen-bond acceptors (Lipinski definition) is 6. The van der Waals surface area contributed by atoms with Crippen LogP contribution in [0.15, 0.2) is 42.6 Å². The van der Waals surface area contributed by atoms with Crippen molar-refractivity contribution < 1.29 is 18.7 Å². The van der Waals surface area contributed by atoms with Crippen molar-refractivity contribution in [2.24, 2.45) is 0 Å². The average Bonchev–Trinajstić information content (AvgIpc) is 3.27. The normalized spacial score (nSPS) is 11.0. The van der Waals surface area contributed by atoms with E-state index in [1.165, 1.54) is 26.4 Å². The highest BCUT2D eigenvalue weighted by Gasteiger charge is 2.27. The maximum Gasteiger partial charge on any atom is 0.350 e. The lowest BCUT2D eigenvalue weighted by atomic mass is 10.1. The fourth-order valence-electron chi connectivity index (χ4n) is 3.11. The number of aryl methyl sites for hydroxylation is 1. The van der Waals surface area contributed by atoms with E-state index in [0.717, 1.165) is 28.1 Å². The van der Waals surface area contributed by atoms with E-state index in [0.29, 0.717) is 10.8 Å². The van der Waals surface area contributed by atoms with Crippen LogP contribution in [0.2, 0.25) is 0 Å². The van der Waals surface area contributed by atoms with Gasteiger partial charge in [-0.1, -0.05) is 12.1 Å². The highest BCUT2D eigenvalue weighted by Crippen LogP contribution is 2.41. The third kappa shape index (κ3) is 2.82. The third-order valence-electron chi connectivity index (χ3n) is 4.36. The summed E-state index contributed by atoms with van der Waals surface area (Å²) in [5.41, 5.74) is 2.71. The molecule has 3 aromatic heterocycles. The third-order valence-corrected chi connectivity index (χ3v) is 5.41. The van der Waals surface area contributed by atoms with Crippen LogP contribution in [-0.4, -0.2) is 34.8 Å². The molecule has 0 aliphatic carbocycles. The zero-order chi connectivity index (χ0) is 19.8. The van der Waals surface area contributed by atoms with E-state index >= 15 is 0 Å². The summed E-state index contributed by atoms with van der Waals surface area (Å²) in [7, 11) is 2.73. The van der Waals surface area contributed by atoms with E-state index in [9.17, 15) is 9.18 Å². The Hall–Kier alpha value is -3.26. The molecule has 1 aromatic carbocycles. The quantitative estimate of drug-likeness (QED) is 0.479. The fourth-order valence-corrected chi connectivity index (χ4v) is 4.21. The number of hydrogen-bond donors (Lipinski definition) is 0. The SMILES string of the molecule is COC(=O)c1sc(-c2c(C)nn3ccccc23)nc1-c1c(F)cccc1OC. The van der Waals surface area contributed by atoms with Gasteiger partial charge in [0.2, 0.25) is 0 Å². The number of methoxy groups -OCH3 is 2. The van der Waals surface area contributed by atoms with Gasteiger partial charge in [0.05, 0.1) is 36.6 Å². The summed E-state index contributed by atoms with van der Waals surface area (Å²) in [5, 5.41) is 5.04. The van der Waals surface area contributed by atoms with Crippen LogP contribution in [0.25, 0.3) is 27.3 Å². The Morgan fingerprint density at radius 1 is 1.14 bits per heavy atom. The smallest absolute Gasteiger partial charge is 0.350 e. The molecule has 0 amide bonds. The van der Waals surface area contributed by atoms with Gasteiger partial charge in [0, 0.05) is 6.20 Å². The lowest BCUT2D eigenvalue weighted by molar-refractivity contribution is 0.0607. The van der Waals surface area contributed by atoms with E-state index in [1.807, 2.05) is 31.3 Å². The molecular formula is C20H16FN3O3S. The molecule has 0 radical (unpaired) electrons. The van der Waals surface area contributed by atoms with Gasteiger partial charge in [0.1, 0.15) is 27.1 Å². The molecule has 0 saturated heterocycles. The average molecular weight is 397 g/mol. The van der Waals surface area contributed by atoms with Crippen molar-refractivity contribution in [1.29, 1.82) is 0 Å². The van der Waals surface area contributed by atoms with Crippen molar-refractivity contribution in [3.8, 4) is 27.6 Å². The number of carbonyl (C=O) groups excluding carboxylic acids is 1. The Balaban J connectivity index is 2.01.